The summed E-state index contributed by atoms with van der Waals surface area (Å²) in [5, 5.41) is 7.90. The fraction of sp³-hybridized carbons (Fsp3) is 0.0952. The molecule has 25 heavy (non-hydrogen) atoms. The summed E-state index contributed by atoms with van der Waals surface area (Å²) >= 11 is 0. The van der Waals surface area contributed by atoms with Crippen LogP contribution in [0, 0.1) is 0 Å². The number of benzene rings is 2. The molecule has 1 N–H and O–H groups in total. The number of para-hydroxylation sites is 1. The van der Waals surface area contributed by atoms with Crippen LogP contribution >= 0.6 is 0 Å². The molecule has 0 radical (unpaired) electrons. The lowest BCUT2D eigenvalue weighted by Crippen LogP contribution is -2.00. The highest BCUT2D eigenvalue weighted by molar-refractivity contribution is 5.59. The standard InChI is InChI=1S/C21H21N3O/c1-3-8-17-16-18(11-12-20(17)25-15-4-2)22-21-13-14-24(23-21)19-9-6-5-7-10-19/h3-7,9-14,16H,1-2,8,15H2,(H,22,23). The van der Waals surface area contributed by atoms with Crippen molar-refractivity contribution in [2.45, 2.75) is 6.42 Å². The Morgan fingerprint density at radius 1 is 1.04 bits per heavy atom. The van der Waals surface area contributed by atoms with Gasteiger partial charge in [-0.05, 0) is 42.3 Å². The van der Waals surface area contributed by atoms with Gasteiger partial charge >= 0.3 is 0 Å². The van der Waals surface area contributed by atoms with E-state index in [1.165, 1.54) is 0 Å². The Morgan fingerprint density at radius 2 is 1.88 bits per heavy atom. The monoisotopic (exact) mass is 331 g/mol. The molecule has 0 atom stereocenters. The smallest absolute Gasteiger partial charge is 0.152 e. The van der Waals surface area contributed by atoms with Gasteiger partial charge in [-0.2, -0.15) is 5.10 Å². The van der Waals surface area contributed by atoms with Crippen molar-refractivity contribution in [3.63, 3.8) is 0 Å². The van der Waals surface area contributed by atoms with Crippen LogP contribution < -0.4 is 10.1 Å². The number of ether oxygens (including phenoxy) is 1. The predicted molar refractivity (Wildman–Crippen MR) is 103 cm³/mol. The topological polar surface area (TPSA) is 39.1 Å². The summed E-state index contributed by atoms with van der Waals surface area (Å²) in [4.78, 5) is 0. The fourth-order valence-corrected chi connectivity index (χ4v) is 2.52. The maximum atomic E-state index is 5.69. The maximum Gasteiger partial charge on any atom is 0.152 e. The minimum atomic E-state index is 0.485. The van der Waals surface area contributed by atoms with Crippen LogP contribution in [0.2, 0.25) is 0 Å². The van der Waals surface area contributed by atoms with Gasteiger partial charge < -0.3 is 10.1 Å². The van der Waals surface area contributed by atoms with Crippen LogP contribution in [0.3, 0.4) is 0 Å². The first-order valence-corrected chi connectivity index (χ1v) is 8.16. The van der Waals surface area contributed by atoms with Gasteiger partial charge in [-0.15, -0.1) is 6.58 Å². The van der Waals surface area contributed by atoms with E-state index in [1.54, 1.807) is 6.08 Å². The van der Waals surface area contributed by atoms with Gasteiger partial charge in [0.2, 0.25) is 0 Å². The summed E-state index contributed by atoms with van der Waals surface area (Å²) < 4.78 is 7.53. The number of anilines is 2. The lowest BCUT2D eigenvalue weighted by molar-refractivity contribution is 0.360. The quantitative estimate of drug-likeness (QED) is 0.596. The number of aromatic nitrogens is 2. The number of rotatable bonds is 8. The van der Waals surface area contributed by atoms with E-state index in [9.17, 15) is 0 Å². The summed E-state index contributed by atoms with van der Waals surface area (Å²) in [5.41, 5.74) is 3.06. The van der Waals surface area contributed by atoms with E-state index >= 15 is 0 Å². The first-order valence-electron chi connectivity index (χ1n) is 8.16. The molecule has 3 rings (SSSR count). The van der Waals surface area contributed by atoms with Gasteiger partial charge in [0.15, 0.2) is 5.82 Å². The number of allylic oxidation sites excluding steroid dienone is 1. The number of nitrogens with zero attached hydrogens (tertiary/aromatic N) is 2. The Morgan fingerprint density at radius 3 is 2.64 bits per heavy atom. The van der Waals surface area contributed by atoms with Gasteiger partial charge in [0, 0.05) is 18.0 Å². The molecule has 0 amide bonds. The molecule has 1 aromatic heterocycles. The molecule has 0 spiro atoms. The molecule has 0 aliphatic heterocycles. The Kier molecular flexibility index (Phi) is 5.32. The second-order valence-electron chi connectivity index (χ2n) is 5.52. The van der Waals surface area contributed by atoms with Crippen LogP contribution in [0.15, 0.2) is 86.1 Å². The van der Waals surface area contributed by atoms with Crippen molar-refractivity contribution < 1.29 is 4.74 Å². The van der Waals surface area contributed by atoms with E-state index in [2.05, 4.69) is 29.6 Å². The van der Waals surface area contributed by atoms with Crippen LogP contribution in [-0.4, -0.2) is 16.4 Å². The third-order valence-corrected chi connectivity index (χ3v) is 3.66. The van der Waals surface area contributed by atoms with Crippen LogP contribution in [0.1, 0.15) is 5.56 Å². The minimum Gasteiger partial charge on any atom is -0.489 e. The van der Waals surface area contributed by atoms with E-state index in [0.29, 0.717) is 6.61 Å². The molecule has 0 aliphatic carbocycles. The van der Waals surface area contributed by atoms with Gasteiger partial charge in [-0.3, -0.25) is 0 Å². The number of hydrogen-bond acceptors (Lipinski definition) is 3. The molecule has 0 fully saturated rings. The highest BCUT2D eigenvalue weighted by Gasteiger charge is 2.06. The molecule has 0 aliphatic rings. The molecule has 4 heteroatoms. The summed E-state index contributed by atoms with van der Waals surface area (Å²) in [6.45, 7) is 7.98. The molecule has 0 saturated carbocycles. The zero-order chi connectivity index (χ0) is 17.5. The van der Waals surface area contributed by atoms with Crippen LogP contribution in [0.25, 0.3) is 5.69 Å². The van der Waals surface area contributed by atoms with Crippen molar-refractivity contribution in [3.05, 3.63) is 91.7 Å². The van der Waals surface area contributed by atoms with Gasteiger partial charge in [-0.1, -0.05) is 36.9 Å². The third-order valence-electron chi connectivity index (χ3n) is 3.66. The lowest BCUT2D eigenvalue weighted by atomic mass is 10.1. The van der Waals surface area contributed by atoms with Crippen molar-refractivity contribution in [2.24, 2.45) is 0 Å². The highest BCUT2D eigenvalue weighted by atomic mass is 16.5. The second-order valence-corrected chi connectivity index (χ2v) is 5.52. The average molecular weight is 331 g/mol. The Hall–Kier alpha value is -3.27. The zero-order valence-corrected chi connectivity index (χ0v) is 14.1. The summed E-state index contributed by atoms with van der Waals surface area (Å²) in [7, 11) is 0. The third kappa shape index (κ3) is 4.18. The Bertz CT molecular complexity index is 853. The lowest BCUT2D eigenvalue weighted by Gasteiger charge is -2.11. The van der Waals surface area contributed by atoms with Crippen molar-refractivity contribution in [2.75, 3.05) is 11.9 Å². The van der Waals surface area contributed by atoms with Crippen molar-refractivity contribution in [1.29, 1.82) is 0 Å². The van der Waals surface area contributed by atoms with Gasteiger partial charge in [-0.25, -0.2) is 4.68 Å². The molecular weight excluding hydrogens is 310 g/mol. The normalized spacial score (nSPS) is 10.2. The van der Waals surface area contributed by atoms with E-state index in [0.717, 1.165) is 34.9 Å². The molecule has 2 aromatic carbocycles. The molecular formula is C21H21N3O. The number of hydrogen-bond donors (Lipinski definition) is 1. The van der Waals surface area contributed by atoms with Gasteiger partial charge in [0.25, 0.3) is 0 Å². The van der Waals surface area contributed by atoms with Crippen molar-refractivity contribution in [3.8, 4) is 11.4 Å². The molecule has 1 heterocycles. The van der Waals surface area contributed by atoms with E-state index in [1.807, 2.05) is 65.5 Å². The molecule has 4 nitrogen and oxygen atoms in total. The predicted octanol–water partition coefficient (Wildman–Crippen LogP) is 4.91. The first-order chi connectivity index (χ1) is 12.3. The largest absolute Gasteiger partial charge is 0.489 e. The van der Waals surface area contributed by atoms with Gasteiger partial charge in [0.05, 0.1) is 5.69 Å². The first kappa shape index (κ1) is 16.6. The second kappa shape index (κ2) is 8.02. The molecule has 126 valence electrons. The van der Waals surface area contributed by atoms with Crippen LogP contribution in [-0.2, 0) is 6.42 Å². The molecule has 0 saturated heterocycles. The zero-order valence-electron chi connectivity index (χ0n) is 14.1. The summed E-state index contributed by atoms with van der Waals surface area (Å²) in [6, 6.07) is 18.0. The number of nitrogens with one attached hydrogen (secondary N) is 1. The highest BCUT2D eigenvalue weighted by Crippen LogP contribution is 2.26. The fourth-order valence-electron chi connectivity index (χ4n) is 2.52. The van der Waals surface area contributed by atoms with Crippen molar-refractivity contribution >= 4 is 11.5 Å². The van der Waals surface area contributed by atoms with Crippen molar-refractivity contribution in [1.82, 2.24) is 9.78 Å². The molecule has 0 bridgehead atoms. The van der Waals surface area contributed by atoms with E-state index in [-0.39, 0.29) is 0 Å². The Balaban J connectivity index is 1.78. The maximum absolute atomic E-state index is 5.69. The van der Waals surface area contributed by atoms with Crippen LogP contribution in [0.4, 0.5) is 11.5 Å². The minimum absolute atomic E-state index is 0.485. The Labute approximate surface area is 148 Å². The van der Waals surface area contributed by atoms with E-state index < -0.39 is 0 Å². The van der Waals surface area contributed by atoms with Crippen LogP contribution in [0.5, 0.6) is 5.75 Å². The molecule has 3 aromatic rings. The van der Waals surface area contributed by atoms with E-state index in [4.69, 9.17) is 4.74 Å². The average Bonchev–Trinajstić information content (AvgIpc) is 3.11. The van der Waals surface area contributed by atoms with Gasteiger partial charge in [0.1, 0.15) is 12.4 Å². The molecule has 0 unspecified atom stereocenters. The SMILES string of the molecule is C=CCOc1ccc(Nc2ccn(-c3ccccc3)n2)cc1CC=C. The summed E-state index contributed by atoms with van der Waals surface area (Å²) in [5.74, 6) is 1.63. The summed E-state index contributed by atoms with van der Waals surface area (Å²) in [6.07, 6.45) is 6.27.